The number of nitro benzene ring substituents is 1. The van der Waals surface area contributed by atoms with Crippen LogP contribution in [0.2, 0.25) is 0 Å². The van der Waals surface area contributed by atoms with Gasteiger partial charge in [-0.2, -0.15) is 0 Å². The molecule has 1 heterocycles. The topological polar surface area (TPSA) is 122 Å². The molecule has 1 atom stereocenters. The monoisotopic (exact) mass is 370 g/mol. The number of halogens is 1. The molecule has 136 valence electrons. The largest absolute Gasteiger partial charge is 0.335 e. The minimum Gasteiger partial charge on any atom is -0.276 e. The van der Waals surface area contributed by atoms with Crippen molar-refractivity contribution in [2.45, 2.75) is 0 Å². The Balaban J connectivity index is 1.88. The molecule has 0 aliphatic carbocycles. The number of non-ortho nitro benzene ring substituents is 1. The Kier molecular flexibility index (Phi) is 4.71. The summed E-state index contributed by atoms with van der Waals surface area (Å²) >= 11 is 0. The van der Waals surface area contributed by atoms with Gasteiger partial charge in [-0.1, -0.05) is 6.07 Å². The lowest BCUT2D eigenvalue weighted by atomic mass is 10.1. The molecule has 1 fully saturated rings. The van der Waals surface area contributed by atoms with Gasteiger partial charge in [0.05, 0.1) is 16.3 Å². The normalized spacial score (nSPS) is 17.3. The summed E-state index contributed by atoms with van der Waals surface area (Å²) in [5.41, 5.74) is 0.0439. The van der Waals surface area contributed by atoms with Crippen LogP contribution in [0.1, 0.15) is 0 Å². The van der Waals surface area contributed by atoms with Crippen LogP contribution in [0.5, 0.6) is 0 Å². The van der Waals surface area contributed by atoms with Gasteiger partial charge in [-0.3, -0.25) is 30.0 Å². The van der Waals surface area contributed by atoms with Gasteiger partial charge in [0.2, 0.25) is 5.91 Å². The van der Waals surface area contributed by atoms with E-state index in [0.717, 1.165) is 18.3 Å². The molecule has 0 radical (unpaired) electrons. The smallest absolute Gasteiger partial charge is 0.276 e. The summed E-state index contributed by atoms with van der Waals surface area (Å²) in [6, 6.07) is 8.92. The fourth-order valence-electron chi connectivity index (χ4n) is 2.40. The van der Waals surface area contributed by atoms with Crippen LogP contribution in [0.4, 0.5) is 26.2 Å². The Hall–Kier alpha value is -3.95. The Morgan fingerprint density at radius 2 is 1.85 bits per heavy atom. The lowest BCUT2D eigenvalue weighted by Crippen LogP contribution is -2.58. The van der Waals surface area contributed by atoms with Crippen molar-refractivity contribution in [3.63, 3.8) is 0 Å². The lowest BCUT2D eigenvalue weighted by Gasteiger charge is -2.28. The van der Waals surface area contributed by atoms with Gasteiger partial charge >= 0.3 is 6.03 Å². The molecule has 0 aromatic heterocycles. The molecule has 1 unspecified atom stereocenters. The van der Waals surface area contributed by atoms with E-state index in [0.29, 0.717) is 4.90 Å². The summed E-state index contributed by atoms with van der Waals surface area (Å²) in [7, 11) is 0. The van der Waals surface area contributed by atoms with Crippen LogP contribution in [-0.2, 0) is 9.59 Å². The Labute approximate surface area is 151 Å². The molecule has 2 aromatic carbocycles. The van der Waals surface area contributed by atoms with Crippen LogP contribution in [0, 0.1) is 21.8 Å². The molecule has 1 saturated heterocycles. The second-order valence-corrected chi connectivity index (χ2v) is 5.48. The average molecular weight is 370 g/mol. The quantitative estimate of drug-likeness (QED) is 0.383. The summed E-state index contributed by atoms with van der Waals surface area (Å²) in [5, 5.41) is 12.8. The predicted octanol–water partition coefficient (Wildman–Crippen LogP) is 2.34. The van der Waals surface area contributed by atoms with Crippen LogP contribution in [0.15, 0.2) is 53.5 Å². The maximum Gasteiger partial charge on any atom is 0.335 e. The number of carbonyl (C=O) groups is 3. The minimum atomic E-state index is -1.42. The molecule has 1 N–H and O–H groups in total. The standard InChI is InChI=1S/C17H11FN4O5/c18-10-4-6-12(7-5-10)21-16(24)14(15(23)20-17(21)25)9-19-11-2-1-3-13(8-11)22(26)27/h1-9,14H,(H,20,23,25). The van der Waals surface area contributed by atoms with E-state index in [4.69, 9.17) is 0 Å². The van der Waals surface area contributed by atoms with Crippen molar-refractivity contribution in [3.8, 4) is 0 Å². The van der Waals surface area contributed by atoms with Crippen LogP contribution in [0.25, 0.3) is 0 Å². The Morgan fingerprint density at radius 3 is 2.52 bits per heavy atom. The first-order valence-corrected chi connectivity index (χ1v) is 7.60. The van der Waals surface area contributed by atoms with E-state index in [1.165, 1.54) is 36.4 Å². The number of carbonyl (C=O) groups excluding carboxylic acids is 3. The highest BCUT2D eigenvalue weighted by Crippen LogP contribution is 2.22. The molecule has 0 bridgehead atoms. The summed E-state index contributed by atoms with van der Waals surface area (Å²) in [4.78, 5) is 51.4. The zero-order chi connectivity index (χ0) is 19.6. The minimum absolute atomic E-state index is 0.0835. The van der Waals surface area contributed by atoms with Gasteiger partial charge in [0.15, 0.2) is 5.92 Å². The second kappa shape index (κ2) is 7.12. The zero-order valence-corrected chi connectivity index (χ0v) is 13.5. The molecular formula is C17H11FN4O5. The van der Waals surface area contributed by atoms with Crippen molar-refractivity contribution in [3.05, 3.63) is 64.5 Å². The Bertz CT molecular complexity index is 974. The number of hydrogen-bond acceptors (Lipinski definition) is 6. The van der Waals surface area contributed by atoms with E-state index < -0.39 is 34.5 Å². The van der Waals surface area contributed by atoms with Gasteiger partial charge in [-0.15, -0.1) is 0 Å². The van der Waals surface area contributed by atoms with Gasteiger partial charge in [0.25, 0.3) is 11.6 Å². The highest BCUT2D eigenvalue weighted by Gasteiger charge is 2.40. The van der Waals surface area contributed by atoms with E-state index in [1.807, 2.05) is 5.32 Å². The summed E-state index contributed by atoms with van der Waals surface area (Å²) in [5.74, 6) is -3.72. The maximum absolute atomic E-state index is 13.1. The number of nitro groups is 1. The molecule has 0 spiro atoms. The number of amides is 4. The van der Waals surface area contributed by atoms with E-state index in [-0.39, 0.29) is 17.1 Å². The molecule has 4 amide bonds. The zero-order valence-electron chi connectivity index (χ0n) is 13.5. The third kappa shape index (κ3) is 3.68. The molecule has 9 nitrogen and oxygen atoms in total. The lowest BCUT2D eigenvalue weighted by molar-refractivity contribution is -0.384. The number of barbiturate groups is 1. The van der Waals surface area contributed by atoms with Crippen molar-refractivity contribution >= 4 is 41.1 Å². The van der Waals surface area contributed by atoms with Crippen LogP contribution in [-0.4, -0.2) is 29.0 Å². The fourth-order valence-corrected chi connectivity index (χ4v) is 2.40. The number of rotatable bonds is 4. The van der Waals surface area contributed by atoms with Crippen molar-refractivity contribution in [1.29, 1.82) is 0 Å². The molecule has 10 heteroatoms. The molecular weight excluding hydrogens is 359 g/mol. The van der Waals surface area contributed by atoms with Crippen molar-refractivity contribution in [2.24, 2.45) is 10.9 Å². The van der Waals surface area contributed by atoms with Crippen molar-refractivity contribution < 1.29 is 23.7 Å². The Morgan fingerprint density at radius 1 is 1.15 bits per heavy atom. The fraction of sp³-hybridized carbons (Fsp3) is 0.0588. The summed E-state index contributed by atoms with van der Waals surface area (Å²) in [6.07, 6.45) is 1.000. The van der Waals surface area contributed by atoms with Gasteiger partial charge < -0.3 is 0 Å². The van der Waals surface area contributed by atoms with E-state index in [9.17, 15) is 28.9 Å². The van der Waals surface area contributed by atoms with Gasteiger partial charge in [-0.05, 0) is 30.3 Å². The molecule has 1 aliphatic heterocycles. The molecule has 0 saturated carbocycles. The van der Waals surface area contributed by atoms with Gasteiger partial charge in [-0.25, -0.2) is 14.1 Å². The molecule has 1 aliphatic rings. The van der Waals surface area contributed by atoms with Crippen molar-refractivity contribution in [2.75, 3.05) is 4.90 Å². The average Bonchev–Trinajstić information content (AvgIpc) is 2.63. The predicted molar refractivity (Wildman–Crippen MR) is 92.2 cm³/mol. The van der Waals surface area contributed by atoms with Crippen LogP contribution in [0.3, 0.4) is 0 Å². The first kappa shape index (κ1) is 17.9. The number of hydrogen-bond donors (Lipinski definition) is 1. The third-order valence-electron chi connectivity index (χ3n) is 3.70. The van der Waals surface area contributed by atoms with Gasteiger partial charge in [0.1, 0.15) is 5.82 Å². The van der Waals surface area contributed by atoms with Crippen molar-refractivity contribution in [1.82, 2.24) is 5.32 Å². The van der Waals surface area contributed by atoms with E-state index >= 15 is 0 Å². The van der Waals surface area contributed by atoms with Crippen LogP contribution >= 0.6 is 0 Å². The molecule has 3 rings (SSSR count). The number of aliphatic imine (C=N–C) groups is 1. The first-order valence-electron chi connectivity index (χ1n) is 7.60. The second-order valence-electron chi connectivity index (χ2n) is 5.48. The van der Waals surface area contributed by atoms with E-state index in [2.05, 4.69) is 4.99 Å². The van der Waals surface area contributed by atoms with Gasteiger partial charge in [0, 0.05) is 18.3 Å². The third-order valence-corrected chi connectivity index (χ3v) is 3.70. The number of nitrogens with one attached hydrogen (secondary N) is 1. The number of urea groups is 1. The number of imide groups is 2. The first-order chi connectivity index (χ1) is 12.9. The molecule has 2 aromatic rings. The highest BCUT2D eigenvalue weighted by molar-refractivity contribution is 6.32. The molecule has 27 heavy (non-hydrogen) atoms. The maximum atomic E-state index is 13.1. The van der Waals surface area contributed by atoms with E-state index in [1.54, 1.807) is 0 Å². The number of nitrogens with zero attached hydrogens (tertiary/aromatic N) is 3. The van der Waals surface area contributed by atoms with Crippen LogP contribution < -0.4 is 10.2 Å². The highest BCUT2D eigenvalue weighted by atomic mass is 19.1. The summed E-state index contributed by atoms with van der Waals surface area (Å²) in [6.45, 7) is 0. The number of benzene rings is 2. The SMILES string of the molecule is O=C1NC(=O)N(c2ccc(F)cc2)C(=O)C1C=Nc1cccc([N+](=O)[O-])c1. The summed E-state index contributed by atoms with van der Waals surface area (Å²) < 4.78 is 13.1. The number of anilines is 1.